The molecule has 4 aliphatic rings. The first kappa shape index (κ1) is 48.7. The molecule has 6 aromatic rings. The summed E-state index contributed by atoms with van der Waals surface area (Å²) in [5.41, 5.74) is 2.78. The van der Waals surface area contributed by atoms with E-state index in [9.17, 15) is 19.2 Å². The lowest BCUT2D eigenvalue weighted by atomic mass is 9.86. The summed E-state index contributed by atoms with van der Waals surface area (Å²) in [6.45, 7) is 15.8. The second-order valence-corrected chi connectivity index (χ2v) is 22.2. The Morgan fingerprint density at radius 1 is 0.580 bits per heavy atom. The van der Waals surface area contributed by atoms with Crippen molar-refractivity contribution in [2.45, 2.75) is 131 Å². The van der Waals surface area contributed by atoms with Gasteiger partial charge in [-0.25, -0.2) is 0 Å². The van der Waals surface area contributed by atoms with Crippen LogP contribution >= 0.6 is 15.9 Å². The Morgan fingerprint density at radius 2 is 1.12 bits per heavy atom. The molecule has 4 bridgehead atoms. The Balaban J connectivity index is 0.000000172. The highest BCUT2D eigenvalue weighted by Gasteiger charge is 2.52. The van der Waals surface area contributed by atoms with Crippen molar-refractivity contribution < 1.29 is 38.1 Å². The van der Waals surface area contributed by atoms with Crippen molar-refractivity contribution in [2.24, 2.45) is 46.8 Å². The van der Waals surface area contributed by atoms with Crippen LogP contribution in [-0.4, -0.2) is 36.1 Å². The number of aryl methyl sites for hydroxylation is 1. The second-order valence-electron chi connectivity index (χ2n) is 21.4. The minimum atomic E-state index is -0.458. The zero-order valence-corrected chi connectivity index (χ0v) is 43.0. The van der Waals surface area contributed by atoms with Crippen molar-refractivity contribution in [2.75, 3.05) is 0 Å². The molecule has 0 N–H and O–H groups in total. The van der Waals surface area contributed by atoms with E-state index in [4.69, 9.17) is 18.9 Å². The van der Waals surface area contributed by atoms with E-state index in [1.807, 2.05) is 48.5 Å². The van der Waals surface area contributed by atoms with Crippen LogP contribution < -0.4 is 0 Å². The summed E-state index contributed by atoms with van der Waals surface area (Å²) in [5, 5.41) is 9.61. The average molecular weight is 996 g/mol. The zero-order valence-electron chi connectivity index (χ0n) is 41.4. The van der Waals surface area contributed by atoms with Gasteiger partial charge in [-0.3, -0.25) is 19.2 Å². The van der Waals surface area contributed by atoms with Gasteiger partial charge in [0, 0.05) is 4.47 Å². The molecular weight excluding hydrogens is 929 g/mol. The smallest absolute Gasteiger partial charge is 0.311 e. The highest BCUT2D eigenvalue weighted by molar-refractivity contribution is 9.10. The number of benzene rings is 6. The van der Waals surface area contributed by atoms with Crippen LogP contribution in [0.1, 0.15) is 129 Å². The average Bonchev–Trinajstić information content (AvgIpc) is 4.16. The van der Waals surface area contributed by atoms with Crippen molar-refractivity contribution in [3.05, 3.63) is 118 Å². The third-order valence-electron chi connectivity index (χ3n) is 16.6. The van der Waals surface area contributed by atoms with Gasteiger partial charge in [0.1, 0.15) is 24.4 Å². The number of carbonyl (C=O) groups excluding carboxylic acids is 4. The Hall–Kier alpha value is -5.28. The molecule has 9 heteroatoms. The van der Waals surface area contributed by atoms with Crippen molar-refractivity contribution >= 4 is 82.9 Å². The molecule has 0 heterocycles. The highest BCUT2D eigenvalue weighted by atomic mass is 79.9. The number of esters is 4. The molecule has 0 spiro atoms. The first-order chi connectivity index (χ1) is 33.0. The molecule has 0 aromatic heterocycles. The molecule has 11 atom stereocenters. The highest BCUT2D eigenvalue weighted by Crippen LogP contribution is 2.52. The standard InChI is InChI=1S/C31H36O4.C29H31BrO4/c1-6-31(4,5)30(33)35-28-17-22-14-23(28)16-27(22)29(32)34-19(3)20-11-12-25-24-10-8-7-9-21(24)13-18(2)26(25)15-20;1-4-16(2)28(31)34-27-15-20-13-21(27)14-25(20)29(32)33-17(3)18-8-10-22-19(12-18)9-11-24-23(22)6-5-7-26(24)30/h7-13,15,19,22-23,27-28H,6,14,16-17H2,1-5H3;5-12,16-17,20-21,25,27H,4,13-15H2,1-3H3. The van der Waals surface area contributed by atoms with E-state index >= 15 is 0 Å². The Kier molecular flexibility index (Phi) is 14.0. The molecule has 6 aromatic carbocycles. The fraction of sp³-hybridized carbons (Fsp3) is 0.467. The predicted molar refractivity (Wildman–Crippen MR) is 276 cm³/mol. The third-order valence-corrected chi connectivity index (χ3v) is 17.3. The zero-order chi connectivity index (χ0) is 48.9. The first-order valence-corrected chi connectivity index (χ1v) is 26.2. The Labute approximate surface area is 415 Å². The topological polar surface area (TPSA) is 105 Å². The summed E-state index contributed by atoms with van der Waals surface area (Å²) >= 11 is 3.64. The Bertz CT molecular complexity index is 2940. The van der Waals surface area contributed by atoms with Crippen LogP contribution in [0.3, 0.4) is 0 Å². The lowest BCUT2D eigenvalue weighted by Gasteiger charge is -2.30. The van der Waals surface area contributed by atoms with Crippen LogP contribution in [-0.2, 0) is 38.1 Å². The minimum Gasteiger partial charge on any atom is -0.462 e. The maximum atomic E-state index is 13.1. The maximum Gasteiger partial charge on any atom is 0.311 e. The summed E-state index contributed by atoms with van der Waals surface area (Å²) in [5.74, 6) is 0.327. The maximum absolute atomic E-state index is 13.1. The van der Waals surface area contributed by atoms with E-state index in [2.05, 4.69) is 120 Å². The molecule has 8 nitrogen and oxygen atoms in total. The van der Waals surface area contributed by atoms with Gasteiger partial charge in [0.25, 0.3) is 0 Å². The van der Waals surface area contributed by atoms with Crippen molar-refractivity contribution in [1.29, 1.82) is 0 Å². The van der Waals surface area contributed by atoms with E-state index < -0.39 is 5.41 Å². The molecule has 0 radical (unpaired) electrons. The molecule has 0 amide bonds. The van der Waals surface area contributed by atoms with E-state index in [1.165, 1.54) is 43.3 Å². The number of rotatable bonds is 12. The van der Waals surface area contributed by atoms with Crippen LogP contribution in [0.15, 0.2) is 102 Å². The molecule has 4 aliphatic carbocycles. The predicted octanol–water partition coefficient (Wildman–Crippen LogP) is 14.7. The summed E-state index contributed by atoms with van der Waals surface area (Å²) < 4.78 is 24.7. The summed E-state index contributed by atoms with van der Waals surface area (Å²) in [7, 11) is 0. The van der Waals surface area contributed by atoms with E-state index in [0.29, 0.717) is 0 Å². The molecule has 362 valence electrons. The SMILES string of the molecule is CCC(C)(C)C(=O)OC1CC2CC1CC2C(=O)OC(C)c1ccc2c(c1)c(C)cc1ccccc12.CCC(C)C(=O)OC1CC2CC1CC2C(=O)OC(C)c1ccc2c(ccc3c(Br)cccc32)c1. The van der Waals surface area contributed by atoms with E-state index in [1.54, 1.807) is 0 Å². The fourth-order valence-electron chi connectivity index (χ4n) is 11.7. The fourth-order valence-corrected chi connectivity index (χ4v) is 12.2. The first-order valence-electron chi connectivity index (χ1n) is 25.4. The van der Waals surface area contributed by atoms with Crippen molar-refractivity contribution in [1.82, 2.24) is 0 Å². The monoisotopic (exact) mass is 994 g/mol. The van der Waals surface area contributed by atoms with Crippen LogP contribution in [0.4, 0.5) is 0 Å². The van der Waals surface area contributed by atoms with Gasteiger partial charge in [0.05, 0.1) is 23.2 Å². The summed E-state index contributed by atoms with van der Waals surface area (Å²) in [6.07, 6.45) is 5.78. The molecule has 69 heavy (non-hydrogen) atoms. The summed E-state index contributed by atoms with van der Waals surface area (Å²) in [6, 6.07) is 33.9. The third kappa shape index (κ3) is 9.79. The molecular formula is C60H67BrO8. The van der Waals surface area contributed by atoms with Crippen LogP contribution in [0.5, 0.6) is 0 Å². The van der Waals surface area contributed by atoms with Crippen molar-refractivity contribution in [3.63, 3.8) is 0 Å². The molecule has 4 fully saturated rings. The van der Waals surface area contributed by atoms with Crippen LogP contribution in [0.25, 0.3) is 43.1 Å². The van der Waals surface area contributed by atoms with Gasteiger partial charge >= 0.3 is 23.9 Å². The number of fused-ring (bicyclic) bond motifs is 10. The van der Waals surface area contributed by atoms with Gasteiger partial charge < -0.3 is 18.9 Å². The van der Waals surface area contributed by atoms with Crippen LogP contribution in [0, 0.1) is 53.8 Å². The largest absolute Gasteiger partial charge is 0.462 e. The number of hydrogen-bond donors (Lipinski definition) is 0. The second kappa shape index (κ2) is 19.8. The van der Waals surface area contributed by atoms with E-state index in [0.717, 1.165) is 72.4 Å². The van der Waals surface area contributed by atoms with Crippen molar-refractivity contribution in [3.8, 4) is 0 Å². The lowest BCUT2D eigenvalue weighted by molar-refractivity contribution is -0.165. The van der Waals surface area contributed by atoms with Gasteiger partial charge in [0.15, 0.2) is 0 Å². The molecule has 4 saturated carbocycles. The summed E-state index contributed by atoms with van der Waals surface area (Å²) in [4.78, 5) is 50.9. The number of ether oxygens (including phenoxy) is 4. The van der Waals surface area contributed by atoms with Gasteiger partial charge in [-0.1, -0.05) is 116 Å². The van der Waals surface area contributed by atoms with Gasteiger partial charge in [0.2, 0.25) is 0 Å². The van der Waals surface area contributed by atoms with Crippen LogP contribution in [0.2, 0.25) is 0 Å². The molecule has 0 aliphatic heterocycles. The molecule has 0 saturated heterocycles. The normalized spacial score (nSPS) is 25.0. The Morgan fingerprint density at radius 3 is 1.72 bits per heavy atom. The van der Waals surface area contributed by atoms with Gasteiger partial charge in [-0.15, -0.1) is 0 Å². The van der Waals surface area contributed by atoms with E-state index in [-0.39, 0.29) is 89.7 Å². The quantitative estimate of drug-likeness (QED) is 0.0678. The van der Waals surface area contributed by atoms with Gasteiger partial charge in [-0.05, 0) is 188 Å². The number of carbonyl (C=O) groups is 4. The number of hydrogen-bond acceptors (Lipinski definition) is 8. The lowest BCUT2D eigenvalue weighted by Crippen LogP contribution is -2.35. The minimum absolute atomic E-state index is 0.0386. The molecule has 10 rings (SSSR count). The molecule has 11 unspecified atom stereocenters. The van der Waals surface area contributed by atoms with Gasteiger partial charge in [-0.2, -0.15) is 0 Å². The number of halogens is 1.